The minimum absolute atomic E-state index is 0.294. The van der Waals surface area contributed by atoms with Crippen molar-refractivity contribution in [1.29, 1.82) is 0 Å². The highest BCUT2D eigenvalue weighted by Gasteiger charge is 2.25. The van der Waals surface area contributed by atoms with E-state index in [4.69, 9.17) is 23.8 Å². The monoisotopic (exact) mass is 620 g/mol. The standard InChI is InChI=1S/C42H28N4O2/c1-3-11-25(12-4-1)40-44-41(26-13-5-2-6-14-26)46-42(45-40)31-18-10-20-34-37(31)30-21-22-43-38(39(30)48-34)29-17-9-19-33-36(29)32-23-27-15-7-8-16-28(27)24-35(32)47-33/h1-8,10-16,18-24,40H,9,17H2,(H,44,45,46). The highest BCUT2D eigenvalue weighted by molar-refractivity contribution is 6.22. The molecule has 0 spiro atoms. The van der Waals surface area contributed by atoms with E-state index in [-0.39, 0.29) is 6.17 Å². The van der Waals surface area contributed by atoms with E-state index >= 15 is 0 Å². The maximum absolute atomic E-state index is 6.72. The van der Waals surface area contributed by atoms with Gasteiger partial charge in [-0.1, -0.05) is 97.1 Å². The number of pyridine rings is 1. The molecule has 0 amide bonds. The van der Waals surface area contributed by atoms with Gasteiger partial charge >= 0.3 is 0 Å². The molecule has 0 fully saturated rings. The van der Waals surface area contributed by atoms with E-state index < -0.39 is 0 Å². The minimum atomic E-state index is -0.294. The number of aliphatic imine (C=N–C) groups is 2. The van der Waals surface area contributed by atoms with E-state index in [0.29, 0.717) is 5.84 Å². The summed E-state index contributed by atoms with van der Waals surface area (Å²) < 4.78 is 13.2. The van der Waals surface area contributed by atoms with Gasteiger partial charge in [-0.25, -0.2) is 9.98 Å². The number of benzene rings is 5. The lowest BCUT2D eigenvalue weighted by molar-refractivity contribution is 0.571. The van der Waals surface area contributed by atoms with E-state index in [2.05, 4.69) is 78.1 Å². The summed E-state index contributed by atoms with van der Waals surface area (Å²) in [5, 5.41) is 10.1. The third-order valence-corrected chi connectivity index (χ3v) is 9.45. The summed E-state index contributed by atoms with van der Waals surface area (Å²) in [5.74, 6) is 1.44. The molecule has 3 aromatic heterocycles. The molecule has 0 saturated heterocycles. The van der Waals surface area contributed by atoms with Crippen LogP contribution in [-0.2, 0) is 0 Å². The zero-order chi connectivity index (χ0) is 31.6. The van der Waals surface area contributed by atoms with Gasteiger partial charge in [0.2, 0.25) is 0 Å². The number of amidine groups is 2. The SMILES string of the molecule is C1=c2oc3cc4ccccc4cc3c2=C(c2nccc3c2oc2cccc(C4=NC(c5ccccc5)NC(c5ccccc5)=N4)c23)CC1. The molecular weight excluding hydrogens is 592 g/mol. The van der Waals surface area contributed by atoms with Crippen molar-refractivity contribution in [3.05, 3.63) is 161 Å². The van der Waals surface area contributed by atoms with Crippen molar-refractivity contribution in [2.24, 2.45) is 9.98 Å². The van der Waals surface area contributed by atoms with Gasteiger partial charge in [-0.05, 0) is 65.1 Å². The second-order valence-electron chi connectivity index (χ2n) is 12.3. The predicted molar refractivity (Wildman–Crippen MR) is 193 cm³/mol. The molecule has 0 radical (unpaired) electrons. The number of nitrogens with zero attached hydrogens (tertiary/aromatic N) is 3. The van der Waals surface area contributed by atoms with E-state index in [1.54, 1.807) is 0 Å². The van der Waals surface area contributed by atoms with Gasteiger partial charge in [0.15, 0.2) is 11.4 Å². The number of hydrogen-bond acceptors (Lipinski definition) is 6. The Morgan fingerprint density at radius 3 is 2.35 bits per heavy atom. The molecule has 5 aromatic carbocycles. The topological polar surface area (TPSA) is 75.9 Å². The smallest absolute Gasteiger partial charge is 0.161 e. The molecule has 0 saturated carbocycles. The summed E-state index contributed by atoms with van der Waals surface area (Å²) in [7, 11) is 0. The molecule has 228 valence electrons. The maximum atomic E-state index is 6.72. The van der Waals surface area contributed by atoms with Gasteiger partial charge in [-0.15, -0.1) is 0 Å². The quantitative estimate of drug-likeness (QED) is 0.216. The lowest BCUT2D eigenvalue weighted by Crippen LogP contribution is -2.33. The third-order valence-electron chi connectivity index (χ3n) is 9.45. The minimum Gasteiger partial charge on any atom is -0.456 e. The fourth-order valence-electron chi connectivity index (χ4n) is 7.24. The zero-order valence-corrected chi connectivity index (χ0v) is 25.9. The largest absolute Gasteiger partial charge is 0.456 e. The summed E-state index contributed by atoms with van der Waals surface area (Å²) in [6.07, 6.45) is 5.50. The van der Waals surface area contributed by atoms with Crippen LogP contribution in [0.4, 0.5) is 0 Å². The first kappa shape index (κ1) is 26.9. The van der Waals surface area contributed by atoms with E-state index in [0.717, 1.165) is 95.6 Å². The van der Waals surface area contributed by atoms with Gasteiger partial charge < -0.3 is 14.2 Å². The van der Waals surface area contributed by atoms with Gasteiger partial charge in [-0.3, -0.25) is 4.98 Å². The Morgan fingerprint density at radius 2 is 1.50 bits per heavy atom. The van der Waals surface area contributed by atoms with Gasteiger partial charge in [0.1, 0.15) is 34.3 Å². The van der Waals surface area contributed by atoms with Gasteiger partial charge in [-0.2, -0.15) is 0 Å². The number of hydrogen-bond donors (Lipinski definition) is 1. The number of furan rings is 2. The zero-order valence-electron chi connectivity index (χ0n) is 25.9. The molecule has 1 aliphatic heterocycles. The Labute approximate surface area is 275 Å². The van der Waals surface area contributed by atoms with Crippen molar-refractivity contribution >= 4 is 67.0 Å². The Kier molecular flexibility index (Phi) is 5.96. The van der Waals surface area contributed by atoms with Crippen LogP contribution in [0.15, 0.2) is 146 Å². The molecule has 10 rings (SSSR count). The Hall–Kier alpha value is -6.27. The molecule has 4 heterocycles. The molecule has 2 aliphatic rings. The van der Waals surface area contributed by atoms with Crippen molar-refractivity contribution in [3.8, 4) is 0 Å². The summed E-state index contributed by atoms with van der Waals surface area (Å²) in [6, 6.07) is 41.4. The van der Waals surface area contributed by atoms with Crippen LogP contribution >= 0.6 is 0 Å². The number of fused-ring (bicyclic) bond motifs is 7. The first-order valence-corrected chi connectivity index (χ1v) is 16.3. The first-order chi connectivity index (χ1) is 23.8. The van der Waals surface area contributed by atoms with Crippen LogP contribution in [0.2, 0.25) is 0 Å². The highest BCUT2D eigenvalue weighted by atomic mass is 16.3. The Bertz CT molecular complexity index is 2760. The molecule has 1 N–H and O–H groups in total. The van der Waals surface area contributed by atoms with E-state index in [9.17, 15) is 0 Å². The second-order valence-corrected chi connectivity index (χ2v) is 12.3. The average molecular weight is 621 g/mol. The van der Waals surface area contributed by atoms with Crippen molar-refractivity contribution in [3.63, 3.8) is 0 Å². The fourth-order valence-corrected chi connectivity index (χ4v) is 7.24. The van der Waals surface area contributed by atoms with Gasteiger partial charge in [0.05, 0.1) is 0 Å². The third kappa shape index (κ3) is 4.23. The van der Waals surface area contributed by atoms with E-state index in [1.807, 2.05) is 60.8 Å². The van der Waals surface area contributed by atoms with Gasteiger partial charge in [0.25, 0.3) is 0 Å². The van der Waals surface area contributed by atoms with Crippen molar-refractivity contribution in [1.82, 2.24) is 10.3 Å². The van der Waals surface area contributed by atoms with E-state index in [1.165, 1.54) is 5.39 Å². The summed E-state index contributed by atoms with van der Waals surface area (Å²) >= 11 is 0. The number of rotatable bonds is 4. The molecule has 6 nitrogen and oxygen atoms in total. The first-order valence-electron chi connectivity index (χ1n) is 16.3. The van der Waals surface area contributed by atoms with Crippen molar-refractivity contribution in [2.75, 3.05) is 0 Å². The highest BCUT2D eigenvalue weighted by Crippen LogP contribution is 2.37. The summed E-state index contributed by atoms with van der Waals surface area (Å²) in [5.41, 5.74) is 8.30. The van der Waals surface area contributed by atoms with Crippen LogP contribution in [0.3, 0.4) is 0 Å². The second kappa shape index (κ2) is 10.6. The van der Waals surface area contributed by atoms with Crippen LogP contribution in [0.5, 0.6) is 0 Å². The predicted octanol–water partition coefficient (Wildman–Crippen LogP) is 8.15. The van der Waals surface area contributed by atoms with Gasteiger partial charge in [0, 0.05) is 38.7 Å². The Morgan fingerprint density at radius 1 is 0.708 bits per heavy atom. The van der Waals surface area contributed by atoms with Crippen molar-refractivity contribution in [2.45, 2.75) is 19.0 Å². The van der Waals surface area contributed by atoms with Crippen molar-refractivity contribution < 1.29 is 8.83 Å². The van der Waals surface area contributed by atoms with Crippen LogP contribution in [0.25, 0.3) is 55.3 Å². The van der Waals surface area contributed by atoms with Crippen LogP contribution in [-0.4, -0.2) is 16.7 Å². The molecule has 8 aromatic rings. The maximum Gasteiger partial charge on any atom is 0.161 e. The molecular formula is C42H28N4O2. The molecule has 0 bridgehead atoms. The van der Waals surface area contributed by atoms with Crippen LogP contribution in [0, 0.1) is 0 Å². The molecule has 1 atom stereocenters. The number of nitrogens with one attached hydrogen (secondary N) is 1. The van der Waals surface area contributed by atoms with Crippen LogP contribution < -0.4 is 16.0 Å². The van der Waals surface area contributed by atoms with Crippen LogP contribution in [0.1, 0.15) is 41.4 Å². The summed E-state index contributed by atoms with van der Waals surface area (Å²) in [6.45, 7) is 0. The Balaban J connectivity index is 1.20. The molecule has 1 unspecified atom stereocenters. The molecule has 48 heavy (non-hydrogen) atoms. The molecule has 1 aliphatic carbocycles. The molecule has 6 heteroatoms. The summed E-state index contributed by atoms with van der Waals surface area (Å²) in [4.78, 5) is 15.2. The lowest BCUT2D eigenvalue weighted by atomic mass is 9.96. The number of aromatic nitrogens is 1. The normalized spacial score (nSPS) is 16.1. The fraction of sp³-hybridized carbons (Fsp3) is 0.0714. The lowest BCUT2D eigenvalue weighted by Gasteiger charge is -2.23. The average Bonchev–Trinajstić information content (AvgIpc) is 3.72.